The number of rotatable bonds is 4. The van der Waals surface area contributed by atoms with Gasteiger partial charge in [0.05, 0.1) is 5.69 Å². The fourth-order valence-electron chi connectivity index (χ4n) is 2.51. The van der Waals surface area contributed by atoms with Crippen LogP contribution in [0.2, 0.25) is 0 Å². The van der Waals surface area contributed by atoms with E-state index in [0.29, 0.717) is 12.0 Å². The third-order valence-corrected chi connectivity index (χ3v) is 3.62. The highest BCUT2D eigenvalue weighted by Gasteiger charge is 2.23. The van der Waals surface area contributed by atoms with Gasteiger partial charge >= 0.3 is 0 Å². The van der Waals surface area contributed by atoms with Crippen molar-refractivity contribution in [3.8, 4) is 0 Å². The van der Waals surface area contributed by atoms with Gasteiger partial charge in [0.2, 0.25) is 0 Å². The van der Waals surface area contributed by atoms with Crippen LogP contribution in [-0.4, -0.2) is 22.6 Å². The molecule has 0 fully saturated rings. The van der Waals surface area contributed by atoms with Crippen molar-refractivity contribution in [2.75, 3.05) is 6.54 Å². The van der Waals surface area contributed by atoms with Gasteiger partial charge in [-0.2, -0.15) is 0 Å². The monoisotopic (exact) mass is 219 g/mol. The first-order chi connectivity index (χ1) is 7.74. The van der Waals surface area contributed by atoms with E-state index in [-0.39, 0.29) is 0 Å². The van der Waals surface area contributed by atoms with Crippen LogP contribution in [0, 0.1) is 0 Å². The number of aryl methyl sites for hydroxylation is 1. The lowest BCUT2D eigenvalue weighted by Gasteiger charge is -2.22. The van der Waals surface area contributed by atoms with Gasteiger partial charge in [0, 0.05) is 17.7 Å². The molecule has 1 aliphatic rings. The van der Waals surface area contributed by atoms with Gasteiger partial charge in [-0.3, -0.25) is 0 Å². The van der Waals surface area contributed by atoms with Gasteiger partial charge < -0.3 is 5.32 Å². The van der Waals surface area contributed by atoms with Gasteiger partial charge in [-0.15, -0.1) is 0 Å². The van der Waals surface area contributed by atoms with Crippen molar-refractivity contribution < 1.29 is 0 Å². The highest BCUT2D eigenvalue weighted by Crippen LogP contribution is 2.28. The first kappa shape index (κ1) is 11.5. The molecule has 2 rings (SSSR count). The molecule has 0 aliphatic heterocycles. The lowest BCUT2D eigenvalue weighted by atomic mass is 9.95. The lowest BCUT2D eigenvalue weighted by molar-refractivity contribution is 0.484. The first-order valence-electron chi connectivity index (χ1n) is 6.30. The molecular formula is C13H21N3. The largest absolute Gasteiger partial charge is 0.314 e. The van der Waals surface area contributed by atoms with Gasteiger partial charge in [-0.1, -0.05) is 13.8 Å². The molecule has 1 N–H and O–H groups in total. The number of hydrogen-bond donors (Lipinski definition) is 1. The maximum absolute atomic E-state index is 4.50. The molecular weight excluding hydrogens is 198 g/mol. The van der Waals surface area contributed by atoms with Crippen LogP contribution in [0.15, 0.2) is 6.33 Å². The fourth-order valence-corrected chi connectivity index (χ4v) is 2.51. The van der Waals surface area contributed by atoms with E-state index in [1.54, 1.807) is 6.33 Å². The van der Waals surface area contributed by atoms with Crippen LogP contribution in [0.4, 0.5) is 0 Å². The summed E-state index contributed by atoms with van der Waals surface area (Å²) in [6, 6.07) is 0.476. The molecule has 2 atom stereocenters. The second-order valence-electron chi connectivity index (χ2n) is 4.67. The summed E-state index contributed by atoms with van der Waals surface area (Å²) >= 11 is 0. The van der Waals surface area contributed by atoms with E-state index < -0.39 is 0 Å². The van der Waals surface area contributed by atoms with Crippen molar-refractivity contribution >= 4 is 0 Å². The van der Waals surface area contributed by atoms with Crippen molar-refractivity contribution in [2.24, 2.45) is 0 Å². The molecule has 0 bridgehead atoms. The van der Waals surface area contributed by atoms with E-state index >= 15 is 0 Å². The molecule has 0 aromatic carbocycles. The molecule has 88 valence electrons. The zero-order valence-corrected chi connectivity index (χ0v) is 10.5. The quantitative estimate of drug-likeness (QED) is 0.842. The van der Waals surface area contributed by atoms with Crippen molar-refractivity contribution in [1.29, 1.82) is 0 Å². The van der Waals surface area contributed by atoms with Crippen molar-refractivity contribution in [2.45, 2.75) is 52.0 Å². The van der Waals surface area contributed by atoms with E-state index in [0.717, 1.165) is 19.4 Å². The molecule has 1 aliphatic carbocycles. The summed E-state index contributed by atoms with van der Waals surface area (Å²) in [6.45, 7) is 7.65. The summed E-state index contributed by atoms with van der Waals surface area (Å²) in [4.78, 5) is 8.88. The minimum absolute atomic E-state index is 0.467. The second kappa shape index (κ2) is 4.91. The van der Waals surface area contributed by atoms with Crippen LogP contribution in [0.5, 0.6) is 0 Å². The molecule has 2 unspecified atom stereocenters. The van der Waals surface area contributed by atoms with Crippen LogP contribution < -0.4 is 5.32 Å². The Morgan fingerprint density at radius 3 is 2.88 bits per heavy atom. The SMILES string of the molecule is CCNC(C)C(C)c1ncnc2c1CCC2. The molecule has 0 spiro atoms. The fraction of sp³-hybridized carbons (Fsp3) is 0.692. The number of likely N-dealkylation sites (N-methyl/N-ethyl adjacent to an activating group) is 1. The van der Waals surface area contributed by atoms with Gasteiger partial charge in [-0.25, -0.2) is 9.97 Å². The lowest BCUT2D eigenvalue weighted by Crippen LogP contribution is -2.31. The van der Waals surface area contributed by atoms with Crippen molar-refractivity contribution in [1.82, 2.24) is 15.3 Å². The van der Waals surface area contributed by atoms with Crippen LogP contribution in [0.1, 0.15) is 50.1 Å². The van der Waals surface area contributed by atoms with E-state index in [1.807, 2.05) is 0 Å². The average Bonchev–Trinajstić information content (AvgIpc) is 2.76. The minimum atomic E-state index is 0.467. The standard InChI is InChI=1S/C13H21N3/c1-4-14-10(3)9(2)13-11-6-5-7-12(11)15-8-16-13/h8-10,14H,4-7H2,1-3H3. The zero-order chi connectivity index (χ0) is 11.5. The number of fused-ring (bicyclic) bond motifs is 1. The number of aromatic nitrogens is 2. The maximum Gasteiger partial charge on any atom is 0.115 e. The predicted molar refractivity (Wildman–Crippen MR) is 65.6 cm³/mol. The van der Waals surface area contributed by atoms with Gasteiger partial charge in [0.15, 0.2) is 0 Å². The van der Waals surface area contributed by atoms with Crippen molar-refractivity contribution in [3.05, 3.63) is 23.3 Å². The topological polar surface area (TPSA) is 37.8 Å². The van der Waals surface area contributed by atoms with Gasteiger partial charge in [-0.05, 0) is 38.3 Å². The number of hydrogen-bond acceptors (Lipinski definition) is 3. The highest BCUT2D eigenvalue weighted by molar-refractivity contribution is 5.31. The Kier molecular flexibility index (Phi) is 3.54. The Morgan fingerprint density at radius 2 is 2.12 bits per heavy atom. The summed E-state index contributed by atoms with van der Waals surface area (Å²) in [7, 11) is 0. The molecule has 1 aromatic heterocycles. The molecule has 1 aromatic rings. The predicted octanol–water partition coefficient (Wildman–Crippen LogP) is 2.07. The van der Waals surface area contributed by atoms with Gasteiger partial charge in [0.25, 0.3) is 0 Å². The smallest absolute Gasteiger partial charge is 0.115 e. The highest BCUT2D eigenvalue weighted by atomic mass is 14.9. The van der Waals surface area contributed by atoms with Crippen molar-refractivity contribution in [3.63, 3.8) is 0 Å². The first-order valence-corrected chi connectivity index (χ1v) is 6.30. The van der Waals surface area contributed by atoms with E-state index in [4.69, 9.17) is 0 Å². The summed E-state index contributed by atoms with van der Waals surface area (Å²) in [5, 5.41) is 3.47. The third kappa shape index (κ3) is 2.09. The van der Waals surface area contributed by atoms with Crippen LogP contribution in [0.25, 0.3) is 0 Å². The Morgan fingerprint density at radius 1 is 1.31 bits per heavy atom. The molecule has 1 heterocycles. The molecule has 0 amide bonds. The summed E-state index contributed by atoms with van der Waals surface area (Å²) < 4.78 is 0. The molecule has 3 heteroatoms. The summed E-state index contributed by atoms with van der Waals surface area (Å²) in [5.74, 6) is 0.467. The number of nitrogens with zero attached hydrogens (tertiary/aromatic N) is 2. The van der Waals surface area contributed by atoms with Gasteiger partial charge in [0.1, 0.15) is 6.33 Å². The normalized spacial score (nSPS) is 18.2. The molecule has 0 radical (unpaired) electrons. The van der Waals surface area contributed by atoms with E-state index in [9.17, 15) is 0 Å². The van der Waals surface area contributed by atoms with E-state index in [2.05, 4.69) is 36.1 Å². The zero-order valence-electron chi connectivity index (χ0n) is 10.5. The van der Waals surface area contributed by atoms with E-state index in [1.165, 1.54) is 23.4 Å². The molecule has 3 nitrogen and oxygen atoms in total. The van der Waals surface area contributed by atoms with Crippen LogP contribution in [-0.2, 0) is 12.8 Å². The molecule has 16 heavy (non-hydrogen) atoms. The molecule has 0 saturated heterocycles. The summed E-state index contributed by atoms with van der Waals surface area (Å²) in [5.41, 5.74) is 3.95. The third-order valence-electron chi connectivity index (χ3n) is 3.62. The van der Waals surface area contributed by atoms with Crippen LogP contribution in [0.3, 0.4) is 0 Å². The second-order valence-corrected chi connectivity index (χ2v) is 4.67. The molecule has 0 saturated carbocycles. The van der Waals surface area contributed by atoms with Crippen LogP contribution >= 0.6 is 0 Å². The minimum Gasteiger partial charge on any atom is -0.314 e. The average molecular weight is 219 g/mol. The Hall–Kier alpha value is -0.960. The Labute approximate surface area is 97.7 Å². The summed E-state index contributed by atoms with van der Waals surface area (Å²) in [6.07, 6.45) is 5.26. The maximum atomic E-state index is 4.50. The Balaban J connectivity index is 2.23. The Bertz CT molecular complexity index is 362. The number of nitrogens with one attached hydrogen (secondary N) is 1.